The average Bonchev–Trinajstić information content (AvgIpc) is 2.92. The smallest absolute Gasteiger partial charge is 0.0555 e. The van der Waals surface area contributed by atoms with Gasteiger partial charge in [0.15, 0.2) is 0 Å². The topological polar surface area (TPSA) is 45.2 Å². The van der Waals surface area contributed by atoms with E-state index >= 15 is 0 Å². The molecule has 0 bridgehead atoms. The van der Waals surface area contributed by atoms with Crippen LogP contribution in [-0.2, 0) is 0 Å². The lowest BCUT2D eigenvalue weighted by Gasteiger charge is -2.65. The molecule has 1 saturated heterocycles. The molecule has 2 N–H and O–H groups in total. The van der Waals surface area contributed by atoms with Crippen molar-refractivity contribution in [1.29, 1.82) is 0 Å². The average molecular weight is 395 g/mol. The summed E-state index contributed by atoms with van der Waals surface area (Å²) in [6.07, 6.45) is 14.4. The van der Waals surface area contributed by atoms with Gasteiger partial charge in [-0.25, -0.2) is 0 Å². The number of aromatic nitrogens is 1. The van der Waals surface area contributed by atoms with Crippen LogP contribution < -0.4 is 5.32 Å². The summed E-state index contributed by atoms with van der Waals surface area (Å²) in [5.74, 6) is 0.692. The summed E-state index contributed by atoms with van der Waals surface area (Å²) in [7, 11) is 0. The fourth-order valence-electron chi connectivity index (χ4n) is 8.37. The number of allylic oxidation sites excluding steroid dienone is 2. The Balaban J connectivity index is 1.56. The monoisotopic (exact) mass is 394 g/mol. The third-order valence-electron chi connectivity index (χ3n) is 10.6. The van der Waals surface area contributed by atoms with Crippen LogP contribution in [0.1, 0.15) is 78.2 Å². The van der Waals surface area contributed by atoms with Crippen LogP contribution in [0.3, 0.4) is 0 Å². The predicted octanol–water partition coefficient (Wildman–Crippen LogP) is 5.21. The highest BCUT2D eigenvalue weighted by molar-refractivity contribution is 5.73. The van der Waals surface area contributed by atoms with Crippen molar-refractivity contribution in [3.05, 3.63) is 36.2 Å². The third kappa shape index (κ3) is 2.47. The van der Waals surface area contributed by atoms with Crippen LogP contribution in [0.4, 0.5) is 0 Å². The molecule has 3 aliphatic carbocycles. The van der Waals surface area contributed by atoms with Gasteiger partial charge >= 0.3 is 0 Å². The van der Waals surface area contributed by atoms with E-state index in [0.717, 1.165) is 25.8 Å². The fraction of sp³-hybridized carbons (Fsp3) is 0.731. The van der Waals surface area contributed by atoms with Crippen molar-refractivity contribution >= 4 is 5.57 Å². The van der Waals surface area contributed by atoms with E-state index in [1.807, 2.05) is 6.20 Å². The Morgan fingerprint density at radius 2 is 1.86 bits per heavy atom. The summed E-state index contributed by atoms with van der Waals surface area (Å²) in [5, 5.41) is 14.3. The molecule has 158 valence electrons. The Morgan fingerprint density at radius 3 is 2.62 bits per heavy atom. The van der Waals surface area contributed by atoms with E-state index in [-0.39, 0.29) is 22.3 Å². The minimum absolute atomic E-state index is 0.129. The van der Waals surface area contributed by atoms with Crippen molar-refractivity contribution in [2.75, 3.05) is 6.54 Å². The molecule has 2 saturated carbocycles. The number of nitrogens with one attached hydrogen (secondary N) is 1. The summed E-state index contributed by atoms with van der Waals surface area (Å²) in [6, 6.07) is 4.77. The van der Waals surface area contributed by atoms with Gasteiger partial charge in [0, 0.05) is 18.4 Å². The van der Waals surface area contributed by atoms with E-state index in [9.17, 15) is 5.11 Å². The minimum atomic E-state index is -0.129. The molecule has 0 radical (unpaired) electrons. The zero-order chi connectivity index (χ0) is 20.5. The van der Waals surface area contributed by atoms with Gasteiger partial charge in [-0.3, -0.25) is 4.98 Å². The molecule has 3 heteroatoms. The van der Waals surface area contributed by atoms with Crippen LogP contribution in [0.25, 0.3) is 5.57 Å². The van der Waals surface area contributed by atoms with Crippen LogP contribution in [0, 0.1) is 27.6 Å². The summed E-state index contributed by atoms with van der Waals surface area (Å²) < 4.78 is 0. The highest BCUT2D eigenvalue weighted by Gasteiger charge is 2.67. The third-order valence-corrected chi connectivity index (χ3v) is 10.6. The second kappa shape index (κ2) is 6.40. The molecule has 3 fully saturated rings. The van der Waals surface area contributed by atoms with Gasteiger partial charge in [0.2, 0.25) is 0 Å². The first-order valence-electron chi connectivity index (χ1n) is 11.8. The van der Waals surface area contributed by atoms with Gasteiger partial charge in [-0.05, 0) is 96.3 Å². The zero-order valence-corrected chi connectivity index (χ0v) is 18.7. The second-order valence-electron chi connectivity index (χ2n) is 11.4. The van der Waals surface area contributed by atoms with Crippen molar-refractivity contribution in [2.45, 2.75) is 84.8 Å². The number of fused-ring (bicyclic) bond motifs is 5. The molecule has 29 heavy (non-hydrogen) atoms. The molecule has 1 aromatic rings. The van der Waals surface area contributed by atoms with E-state index in [0.29, 0.717) is 17.4 Å². The number of hydrogen-bond donors (Lipinski definition) is 2. The Kier molecular flexibility index (Phi) is 4.36. The first kappa shape index (κ1) is 19.8. The highest BCUT2D eigenvalue weighted by atomic mass is 16.3. The number of rotatable bonds is 1. The normalized spacial score (nSPS) is 49.4. The second-order valence-corrected chi connectivity index (χ2v) is 11.4. The molecule has 3 nitrogen and oxygen atoms in total. The van der Waals surface area contributed by atoms with Gasteiger partial charge in [-0.1, -0.05) is 39.8 Å². The molecular weight excluding hydrogens is 356 g/mol. The van der Waals surface area contributed by atoms with Crippen molar-refractivity contribution < 1.29 is 5.11 Å². The molecule has 5 rings (SSSR count). The van der Waals surface area contributed by atoms with Gasteiger partial charge < -0.3 is 10.4 Å². The maximum absolute atomic E-state index is 10.4. The molecule has 1 unspecified atom stereocenters. The van der Waals surface area contributed by atoms with Crippen LogP contribution >= 0.6 is 0 Å². The maximum Gasteiger partial charge on any atom is 0.0555 e. The van der Waals surface area contributed by atoms with Crippen molar-refractivity contribution in [1.82, 2.24) is 10.3 Å². The van der Waals surface area contributed by atoms with Gasteiger partial charge in [0.25, 0.3) is 0 Å². The highest BCUT2D eigenvalue weighted by Crippen LogP contribution is 2.74. The Labute approximate surface area is 176 Å². The SMILES string of the molecule is C[C@]12CC[C@]3(C)C(c4cccnc4)=CC[C@@]3(C)C1CCN[C@H]1C[C@@H](O)CC[C@@]12C. The standard InChI is InChI=1S/C26H38N2O/c1-23-12-13-25(3)21(9-15-28-22-16-19(29)7-10-26(22,25)4)24(23,2)11-8-20(23)18-6-5-14-27-17-18/h5-6,8,14,17,19,21-22,28-29H,7,9-13,15-16H2,1-4H3/t19-,21?,22-,23+,24-,25-,26-/m0/s1. The van der Waals surface area contributed by atoms with Crippen LogP contribution in [-0.4, -0.2) is 28.8 Å². The lowest BCUT2D eigenvalue weighted by Crippen LogP contribution is -2.61. The van der Waals surface area contributed by atoms with Crippen LogP contribution in [0.5, 0.6) is 0 Å². The molecule has 4 aliphatic rings. The number of pyridine rings is 1. The first-order chi connectivity index (χ1) is 13.7. The van der Waals surface area contributed by atoms with Gasteiger partial charge in [-0.2, -0.15) is 0 Å². The quantitative estimate of drug-likeness (QED) is 0.687. The van der Waals surface area contributed by atoms with Crippen LogP contribution in [0.2, 0.25) is 0 Å². The maximum atomic E-state index is 10.4. The van der Waals surface area contributed by atoms with E-state index in [2.05, 4.69) is 62.4 Å². The van der Waals surface area contributed by atoms with Crippen molar-refractivity contribution in [3.63, 3.8) is 0 Å². The summed E-state index contributed by atoms with van der Waals surface area (Å²) in [5.41, 5.74) is 3.92. The lowest BCUT2D eigenvalue weighted by atomic mass is 9.39. The predicted molar refractivity (Wildman–Crippen MR) is 118 cm³/mol. The summed E-state index contributed by atoms with van der Waals surface area (Å²) in [6.45, 7) is 11.4. The molecule has 0 amide bonds. The molecule has 1 aliphatic heterocycles. The van der Waals surface area contributed by atoms with Gasteiger partial charge in [0.1, 0.15) is 0 Å². The molecule has 0 spiro atoms. The van der Waals surface area contributed by atoms with E-state index in [4.69, 9.17) is 0 Å². The number of aliphatic hydroxyl groups is 1. The largest absolute Gasteiger partial charge is 0.393 e. The Hall–Kier alpha value is -1.19. The van der Waals surface area contributed by atoms with Crippen molar-refractivity contribution in [3.8, 4) is 0 Å². The molecule has 1 aromatic heterocycles. The molecule has 2 heterocycles. The number of nitrogens with zero attached hydrogens (tertiary/aromatic N) is 1. The van der Waals surface area contributed by atoms with Gasteiger partial charge in [0.05, 0.1) is 6.10 Å². The van der Waals surface area contributed by atoms with Gasteiger partial charge in [-0.15, -0.1) is 0 Å². The number of aliphatic hydroxyl groups excluding tert-OH is 1. The van der Waals surface area contributed by atoms with E-state index in [1.165, 1.54) is 36.8 Å². The number of hydrogen-bond acceptors (Lipinski definition) is 3. The minimum Gasteiger partial charge on any atom is -0.393 e. The zero-order valence-electron chi connectivity index (χ0n) is 18.7. The van der Waals surface area contributed by atoms with E-state index < -0.39 is 0 Å². The Morgan fingerprint density at radius 1 is 1.03 bits per heavy atom. The van der Waals surface area contributed by atoms with E-state index in [1.54, 1.807) is 0 Å². The molecule has 7 atom stereocenters. The molecular formula is C26H38N2O. The summed E-state index contributed by atoms with van der Waals surface area (Å²) in [4.78, 5) is 4.43. The lowest BCUT2D eigenvalue weighted by molar-refractivity contribution is -0.153. The van der Waals surface area contributed by atoms with Crippen molar-refractivity contribution in [2.24, 2.45) is 27.6 Å². The summed E-state index contributed by atoms with van der Waals surface area (Å²) >= 11 is 0. The first-order valence-corrected chi connectivity index (χ1v) is 11.8. The Bertz CT molecular complexity index is 821. The van der Waals surface area contributed by atoms with Crippen LogP contribution in [0.15, 0.2) is 30.6 Å². The molecule has 0 aromatic carbocycles. The fourth-order valence-corrected chi connectivity index (χ4v) is 8.37.